The second-order valence-electron chi connectivity index (χ2n) is 3.96. The lowest BCUT2D eigenvalue weighted by atomic mass is 10.1. The van der Waals surface area contributed by atoms with Gasteiger partial charge in [0.15, 0.2) is 5.78 Å². The Balaban J connectivity index is 2.89. The smallest absolute Gasteiger partial charge is 0.178 e. The van der Waals surface area contributed by atoms with Gasteiger partial charge < -0.3 is 0 Å². The van der Waals surface area contributed by atoms with Gasteiger partial charge in [0.05, 0.1) is 0 Å². The van der Waals surface area contributed by atoms with Crippen LogP contribution in [0.25, 0.3) is 5.57 Å². The Labute approximate surface area is 105 Å². The first kappa shape index (κ1) is 12.9. The summed E-state index contributed by atoms with van der Waals surface area (Å²) in [6.45, 7) is 5.78. The average Bonchev–Trinajstić information content (AvgIpc) is 2.16. The summed E-state index contributed by atoms with van der Waals surface area (Å²) in [6.07, 6.45) is 3.30. The van der Waals surface area contributed by atoms with Gasteiger partial charge in [-0.05, 0) is 56.2 Å². The third kappa shape index (κ3) is 4.15. The summed E-state index contributed by atoms with van der Waals surface area (Å²) in [5, 5.41) is 0. The molecule has 0 aliphatic rings. The van der Waals surface area contributed by atoms with E-state index in [1.54, 1.807) is 12.2 Å². The van der Waals surface area contributed by atoms with Crippen molar-refractivity contribution in [3.05, 3.63) is 52.0 Å². The van der Waals surface area contributed by atoms with Crippen LogP contribution in [0.4, 0.5) is 0 Å². The fraction of sp³-hybridized carbons (Fsp3) is 0.214. The predicted molar refractivity (Wildman–Crippen MR) is 72.2 cm³/mol. The molecule has 0 aliphatic heterocycles. The standard InChI is InChI=1S/C14H15BrO/c1-10(2)8-14(16)9-11(3)12-4-6-13(15)7-5-12/h4-9H,1-3H3/b11-9-. The van der Waals surface area contributed by atoms with Crippen molar-refractivity contribution in [2.45, 2.75) is 20.8 Å². The molecule has 0 spiro atoms. The maximum Gasteiger partial charge on any atom is 0.178 e. The van der Waals surface area contributed by atoms with Crippen LogP contribution in [0.3, 0.4) is 0 Å². The van der Waals surface area contributed by atoms with Crippen molar-refractivity contribution in [3.63, 3.8) is 0 Å². The first-order chi connectivity index (χ1) is 7.49. The normalized spacial score (nSPS) is 11.1. The molecule has 0 radical (unpaired) electrons. The number of carbonyl (C=O) groups excluding carboxylic acids is 1. The number of ketones is 1. The Morgan fingerprint density at radius 1 is 1.06 bits per heavy atom. The third-order valence-corrected chi connectivity index (χ3v) is 2.62. The van der Waals surface area contributed by atoms with Crippen LogP contribution in [0.15, 0.2) is 46.5 Å². The molecule has 0 aliphatic carbocycles. The minimum atomic E-state index is 0.0421. The molecule has 0 atom stereocenters. The van der Waals surface area contributed by atoms with Crippen LogP contribution in [0.1, 0.15) is 26.3 Å². The van der Waals surface area contributed by atoms with Gasteiger partial charge in [0, 0.05) is 4.47 Å². The molecule has 0 fully saturated rings. The molecule has 1 aromatic rings. The fourth-order valence-electron chi connectivity index (χ4n) is 1.34. The fourth-order valence-corrected chi connectivity index (χ4v) is 1.60. The molecular formula is C14H15BrO. The summed E-state index contributed by atoms with van der Waals surface area (Å²) in [5.74, 6) is 0.0421. The minimum absolute atomic E-state index is 0.0421. The minimum Gasteiger partial charge on any atom is -0.290 e. The van der Waals surface area contributed by atoms with E-state index in [2.05, 4.69) is 15.9 Å². The molecule has 0 N–H and O–H groups in total. The third-order valence-electron chi connectivity index (χ3n) is 2.09. The lowest BCUT2D eigenvalue weighted by molar-refractivity contribution is -0.110. The van der Waals surface area contributed by atoms with Crippen LogP contribution in [-0.4, -0.2) is 5.78 Å². The van der Waals surface area contributed by atoms with Gasteiger partial charge in [0.1, 0.15) is 0 Å². The summed E-state index contributed by atoms with van der Waals surface area (Å²) in [7, 11) is 0. The summed E-state index contributed by atoms with van der Waals surface area (Å²) in [5.41, 5.74) is 3.07. The maximum atomic E-state index is 11.5. The van der Waals surface area contributed by atoms with Crippen molar-refractivity contribution in [2.75, 3.05) is 0 Å². The van der Waals surface area contributed by atoms with Crippen molar-refractivity contribution in [3.8, 4) is 0 Å². The lowest BCUT2D eigenvalue weighted by Gasteiger charge is -2.00. The van der Waals surface area contributed by atoms with E-state index >= 15 is 0 Å². The van der Waals surface area contributed by atoms with E-state index in [-0.39, 0.29) is 5.78 Å². The van der Waals surface area contributed by atoms with Gasteiger partial charge >= 0.3 is 0 Å². The molecule has 0 bridgehead atoms. The van der Waals surface area contributed by atoms with E-state index in [1.807, 2.05) is 45.0 Å². The highest BCUT2D eigenvalue weighted by atomic mass is 79.9. The van der Waals surface area contributed by atoms with Crippen LogP contribution in [-0.2, 0) is 4.79 Å². The quantitative estimate of drug-likeness (QED) is 0.750. The Hall–Kier alpha value is -1.15. The summed E-state index contributed by atoms with van der Waals surface area (Å²) < 4.78 is 1.04. The predicted octanol–water partition coefficient (Wildman–Crippen LogP) is 4.39. The highest BCUT2D eigenvalue weighted by Gasteiger charge is 1.98. The van der Waals surface area contributed by atoms with Crippen molar-refractivity contribution in [1.29, 1.82) is 0 Å². The topological polar surface area (TPSA) is 17.1 Å². The second kappa shape index (κ2) is 5.80. The molecule has 84 valence electrons. The number of carbonyl (C=O) groups is 1. The molecular weight excluding hydrogens is 264 g/mol. The van der Waals surface area contributed by atoms with E-state index in [0.29, 0.717) is 0 Å². The zero-order valence-electron chi connectivity index (χ0n) is 9.75. The molecule has 0 heterocycles. The molecule has 0 amide bonds. The highest BCUT2D eigenvalue weighted by Crippen LogP contribution is 2.17. The SMILES string of the molecule is CC(C)=CC(=O)/C=C(/C)c1ccc(Br)cc1. The summed E-state index contributed by atoms with van der Waals surface area (Å²) in [4.78, 5) is 11.5. The van der Waals surface area contributed by atoms with Crippen molar-refractivity contribution in [2.24, 2.45) is 0 Å². The maximum absolute atomic E-state index is 11.5. The molecule has 0 aromatic heterocycles. The van der Waals surface area contributed by atoms with E-state index in [0.717, 1.165) is 21.2 Å². The van der Waals surface area contributed by atoms with Gasteiger partial charge in [-0.15, -0.1) is 0 Å². The molecule has 0 saturated carbocycles. The van der Waals surface area contributed by atoms with Gasteiger partial charge in [-0.1, -0.05) is 33.6 Å². The van der Waals surface area contributed by atoms with Crippen LogP contribution < -0.4 is 0 Å². The van der Waals surface area contributed by atoms with E-state index in [1.165, 1.54) is 0 Å². The number of rotatable bonds is 3. The van der Waals surface area contributed by atoms with Crippen molar-refractivity contribution in [1.82, 2.24) is 0 Å². The van der Waals surface area contributed by atoms with Crippen LogP contribution in [0, 0.1) is 0 Å². The zero-order chi connectivity index (χ0) is 12.1. The average molecular weight is 279 g/mol. The van der Waals surface area contributed by atoms with Crippen LogP contribution in [0.5, 0.6) is 0 Å². The number of benzene rings is 1. The monoisotopic (exact) mass is 278 g/mol. The van der Waals surface area contributed by atoms with Gasteiger partial charge in [0.2, 0.25) is 0 Å². The van der Waals surface area contributed by atoms with Crippen molar-refractivity contribution >= 4 is 27.3 Å². The van der Waals surface area contributed by atoms with E-state index in [9.17, 15) is 4.79 Å². The Morgan fingerprint density at radius 2 is 1.62 bits per heavy atom. The number of halogens is 1. The Kier molecular flexibility index (Phi) is 4.69. The number of hydrogen-bond acceptors (Lipinski definition) is 1. The van der Waals surface area contributed by atoms with Crippen LogP contribution in [0.2, 0.25) is 0 Å². The zero-order valence-corrected chi connectivity index (χ0v) is 11.3. The number of allylic oxidation sites excluding steroid dienone is 4. The summed E-state index contributed by atoms with van der Waals surface area (Å²) >= 11 is 3.38. The largest absolute Gasteiger partial charge is 0.290 e. The molecule has 1 nitrogen and oxygen atoms in total. The highest BCUT2D eigenvalue weighted by molar-refractivity contribution is 9.10. The van der Waals surface area contributed by atoms with E-state index in [4.69, 9.17) is 0 Å². The van der Waals surface area contributed by atoms with Gasteiger partial charge in [-0.2, -0.15) is 0 Å². The number of hydrogen-bond donors (Lipinski definition) is 0. The van der Waals surface area contributed by atoms with Gasteiger partial charge in [-0.3, -0.25) is 4.79 Å². The second-order valence-corrected chi connectivity index (χ2v) is 4.87. The van der Waals surface area contributed by atoms with E-state index < -0.39 is 0 Å². The molecule has 1 aromatic carbocycles. The van der Waals surface area contributed by atoms with Gasteiger partial charge in [0.25, 0.3) is 0 Å². The Bertz CT molecular complexity index is 434. The molecule has 1 rings (SSSR count). The molecule has 0 saturated heterocycles. The molecule has 2 heteroatoms. The van der Waals surface area contributed by atoms with Crippen molar-refractivity contribution < 1.29 is 4.79 Å². The first-order valence-corrected chi connectivity index (χ1v) is 5.91. The van der Waals surface area contributed by atoms with Gasteiger partial charge in [-0.25, -0.2) is 0 Å². The lowest BCUT2D eigenvalue weighted by Crippen LogP contribution is -1.89. The molecule has 16 heavy (non-hydrogen) atoms. The Morgan fingerprint density at radius 3 is 2.12 bits per heavy atom. The molecule has 0 unspecified atom stereocenters. The summed E-state index contributed by atoms with van der Waals surface area (Å²) in [6, 6.07) is 7.92. The van der Waals surface area contributed by atoms with Crippen LogP contribution >= 0.6 is 15.9 Å². The first-order valence-electron chi connectivity index (χ1n) is 5.12.